The Morgan fingerprint density at radius 2 is 0.763 bits per heavy atom. The molecule has 0 spiro atoms. The first-order valence-corrected chi connectivity index (χ1v) is 11.8. The summed E-state index contributed by atoms with van der Waals surface area (Å²) in [4.78, 5) is 54.1. The molecule has 4 aromatic heterocycles. The van der Waals surface area contributed by atoms with Crippen LogP contribution in [0.25, 0.3) is 32.3 Å². The summed E-state index contributed by atoms with van der Waals surface area (Å²) in [6.45, 7) is 5.51. The van der Waals surface area contributed by atoms with Crippen LogP contribution in [0.2, 0.25) is 0 Å². The van der Waals surface area contributed by atoms with Crippen molar-refractivity contribution in [1.82, 2.24) is 9.13 Å². The second kappa shape index (κ2) is 10.5. The molecule has 4 heterocycles. The highest BCUT2D eigenvalue weighted by atomic mass is 127. The minimum absolute atomic E-state index is 0. The Balaban J connectivity index is 0.00000168. The summed E-state index contributed by atoms with van der Waals surface area (Å²) in [6.07, 6.45) is 7.23. The van der Waals surface area contributed by atoms with E-state index in [1.165, 1.54) is 0 Å². The van der Waals surface area contributed by atoms with Crippen molar-refractivity contribution in [1.29, 1.82) is 0 Å². The maximum absolute atomic E-state index is 13.5. The van der Waals surface area contributed by atoms with Crippen molar-refractivity contribution in [2.45, 2.75) is 26.9 Å². The maximum Gasteiger partial charge on any atom is 0.429 e. The summed E-state index contributed by atoms with van der Waals surface area (Å²) < 4.78 is 6.15. The first-order valence-electron chi connectivity index (χ1n) is 11.8. The summed E-state index contributed by atoms with van der Waals surface area (Å²) in [5.74, 6) is 0. The summed E-state index contributed by atoms with van der Waals surface area (Å²) >= 11 is 0. The average Bonchev–Trinajstić information content (AvgIpc) is 2.91. The second-order valence-electron chi connectivity index (χ2n) is 8.74. The van der Waals surface area contributed by atoms with Crippen LogP contribution in [0.1, 0.15) is 13.8 Å². The quantitative estimate of drug-likeness (QED) is 0.102. The van der Waals surface area contributed by atoms with E-state index >= 15 is 0 Å². The zero-order valence-corrected chi connectivity index (χ0v) is 24.8. The topological polar surface area (TPSA) is 89.9 Å². The third-order valence-corrected chi connectivity index (χ3v) is 6.89. The molecule has 0 aliphatic heterocycles. The second-order valence-corrected chi connectivity index (χ2v) is 8.74. The van der Waals surface area contributed by atoms with Crippen molar-refractivity contribution in [3.63, 3.8) is 0 Å². The zero-order valence-electron chi connectivity index (χ0n) is 20.5. The van der Waals surface area contributed by atoms with E-state index in [1.54, 1.807) is 48.5 Å². The van der Waals surface area contributed by atoms with Gasteiger partial charge in [-0.3, -0.25) is 0 Å². The van der Waals surface area contributed by atoms with E-state index in [4.69, 9.17) is 0 Å². The van der Waals surface area contributed by atoms with Gasteiger partial charge in [0, 0.05) is 72.9 Å². The number of hydrogen-bond donors (Lipinski definition) is 0. The predicted molar refractivity (Wildman–Crippen MR) is 135 cm³/mol. The highest BCUT2D eigenvalue weighted by Gasteiger charge is 2.26. The average molecular weight is 732 g/mol. The van der Waals surface area contributed by atoms with E-state index in [0.717, 1.165) is 21.6 Å². The van der Waals surface area contributed by atoms with Crippen molar-refractivity contribution in [2.75, 3.05) is 0 Å². The molecule has 0 saturated heterocycles. The maximum atomic E-state index is 13.5. The lowest BCUT2D eigenvalue weighted by molar-refractivity contribution is -0.540. The van der Waals surface area contributed by atoms with Gasteiger partial charge in [0.05, 0.1) is 0 Å². The Hall–Kier alpha value is -3.26. The molecule has 0 fully saturated rings. The summed E-state index contributed by atoms with van der Waals surface area (Å²) in [7, 11) is 0. The summed E-state index contributed by atoms with van der Waals surface area (Å²) in [6, 6.07) is 13.2. The van der Waals surface area contributed by atoms with Gasteiger partial charge in [-0.2, -0.15) is 0 Å². The van der Waals surface area contributed by atoms with Gasteiger partial charge >= 0.3 is 22.2 Å². The van der Waals surface area contributed by atoms with E-state index < -0.39 is 22.2 Å². The molecule has 10 heteroatoms. The first-order chi connectivity index (χ1) is 17.4. The molecule has 38 heavy (non-hydrogen) atoms. The molecular weight excluding hydrogens is 710 g/mol. The third kappa shape index (κ3) is 4.01. The summed E-state index contributed by atoms with van der Waals surface area (Å²) in [5, 5.41) is 2.78. The van der Waals surface area contributed by atoms with Gasteiger partial charge in [-0.25, -0.2) is 19.2 Å². The van der Waals surface area contributed by atoms with Crippen LogP contribution in [0.4, 0.5) is 0 Å². The van der Waals surface area contributed by atoms with Crippen molar-refractivity contribution in [2.24, 2.45) is 0 Å². The van der Waals surface area contributed by atoms with E-state index in [9.17, 15) is 19.2 Å². The molecule has 192 valence electrons. The fourth-order valence-electron chi connectivity index (χ4n) is 4.96. The lowest BCUT2D eigenvalue weighted by Gasteiger charge is -2.04. The molecule has 6 aromatic rings. The number of aromatic nitrogens is 4. The Morgan fingerprint density at radius 1 is 0.500 bits per heavy atom. The number of rotatable bonds is 2. The number of benzene rings is 2. The Labute approximate surface area is 248 Å². The highest BCUT2D eigenvalue weighted by molar-refractivity contribution is 6.21. The van der Waals surface area contributed by atoms with Crippen LogP contribution in [-0.2, 0) is 13.1 Å². The Morgan fingerprint density at radius 3 is 1.00 bits per heavy atom. The molecule has 0 bridgehead atoms. The van der Waals surface area contributed by atoms with Crippen LogP contribution in [0.3, 0.4) is 0 Å². The number of halogens is 2. The normalized spacial score (nSPS) is 11.1. The van der Waals surface area contributed by atoms with Crippen molar-refractivity contribution < 1.29 is 56.4 Å². The van der Waals surface area contributed by atoms with Crippen molar-refractivity contribution >= 4 is 32.3 Å². The van der Waals surface area contributed by atoms with Gasteiger partial charge in [-0.1, -0.05) is 8.49 Å². The minimum Gasteiger partial charge on any atom is -1.00 e. The van der Waals surface area contributed by atoms with Crippen molar-refractivity contribution in [3.8, 4) is 0 Å². The third-order valence-electron chi connectivity index (χ3n) is 6.89. The fourth-order valence-corrected chi connectivity index (χ4v) is 4.96. The molecule has 0 aliphatic carbocycles. The largest absolute Gasteiger partial charge is 1.00 e. The summed E-state index contributed by atoms with van der Waals surface area (Å²) in [5.41, 5.74) is -1.94. The van der Waals surface area contributed by atoms with Gasteiger partial charge in [0.25, 0.3) is 0 Å². The fraction of sp³-hybridized carbons (Fsp3) is 0.143. The lowest BCUT2D eigenvalue weighted by atomic mass is 9.97. The van der Waals surface area contributed by atoms with Crippen LogP contribution in [0, 0.1) is 10.7 Å². The molecule has 0 unspecified atom stereocenters. The monoisotopic (exact) mass is 732 g/mol. The Bertz CT molecular complexity index is 1980. The molecule has 8 nitrogen and oxygen atoms in total. The van der Waals surface area contributed by atoms with E-state index in [1.807, 2.05) is 47.8 Å². The number of nitrogens with zero attached hydrogens (tertiary/aromatic N) is 4. The minimum atomic E-state index is -0.486. The molecule has 6 rings (SSSR count). The van der Waals surface area contributed by atoms with Gasteiger partial charge in [0.2, 0.25) is 10.7 Å². The standard InChI is InChI=1S/C28H22N4O4.2HI/c1-3-29-13-9-17(10-14-29)31-25(33)19-5-7-21-24-22(8-6-20(23(19)24)26(31)34)28(36)32(27(21)35)18-11-15-30(4-2)16-12-18;;/h5-16H,3-4H2,1-2H3;2*1H/q+2;;/p-2. The van der Waals surface area contributed by atoms with Gasteiger partial charge in [-0.15, -0.1) is 0 Å². The van der Waals surface area contributed by atoms with Gasteiger partial charge in [0.15, 0.2) is 0 Å². The molecule has 0 saturated carbocycles. The van der Waals surface area contributed by atoms with Crippen molar-refractivity contribution in [3.05, 3.63) is 125 Å². The molecule has 0 radical (unpaired) electrons. The number of hydrogen-bond acceptors (Lipinski definition) is 4. The lowest BCUT2D eigenvalue weighted by Crippen LogP contribution is -3.00. The van der Waals surface area contributed by atoms with E-state index in [0.29, 0.717) is 21.5 Å². The van der Waals surface area contributed by atoms with Crippen LogP contribution in [0.15, 0.2) is 92.5 Å². The molecule has 0 aliphatic rings. The van der Waals surface area contributed by atoms with Gasteiger partial charge in [0.1, 0.15) is 21.5 Å². The molecule has 0 amide bonds. The smallest absolute Gasteiger partial charge is 0.429 e. The highest BCUT2D eigenvalue weighted by Crippen LogP contribution is 2.27. The SMILES string of the molecule is CCn1ccc(=[n+]2c(=O)c3ccc4c(=O)[n+](=c5ccn(CC)cc5)c(=O)c5ccc(c2=O)c3c45)cc1.[I-].[I-]. The van der Waals surface area contributed by atoms with Crippen LogP contribution >= 0.6 is 0 Å². The van der Waals surface area contributed by atoms with E-state index in [2.05, 4.69) is 0 Å². The van der Waals surface area contributed by atoms with Crippen LogP contribution in [-0.4, -0.2) is 9.13 Å². The Kier molecular flexibility index (Phi) is 7.66. The zero-order chi connectivity index (χ0) is 25.1. The molecule has 0 N–H and O–H groups in total. The van der Waals surface area contributed by atoms with Gasteiger partial charge < -0.3 is 57.1 Å². The van der Waals surface area contributed by atoms with E-state index in [-0.39, 0.29) is 69.5 Å². The molecule has 2 aromatic carbocycles. The predicted octanol–water partition coefficient (Wildman–Crippen LogP) is -4.71. The van der Waals surface area contributed by atoms with Gasteiger partial charge in [-0.05, 0) is 38.1 Å². The van der Waals surface area contributed by atoms with Crippen LogP contribution < -0.4 is 78.7 Å². The molecule has 0 atom stereocenters. The number of aryl methyl sites for hydroxylation is 2. The number of pyridine rings is 4. The first kappa shape index (κ1) is 27.8. The van der Waals surface area contributed by atoms with Crippen LogP contribution in [0.5, 0.6) is 0 Å². The molecular formula is C28H22I2N4O4.